The molecule has 53 nitrogen and oxygen atoms in total. The van der Waals surface area contributed by atoms with Crippen molar-refractivity contribution in [2.75, 3.05) is 271 Å². The highest BCUT2D eigenvalue weighted by atomic mass is 31.2. The third-order valence-electron chi connectivity index (χ3n) is 20.5. The molecular weight excluding hydrogens is 1890 g/mol. The Hall–Kier alpha value is -3.76. The van der Waals surface area contributed by atoms with Crippen LogP contribution in [0.2, 0.25) is 5.82 Å². The van der Waals surface area contributed by atoms with Gasteiger partial charge < -0.3 is 190 Å². The van der Waals surface area contributed by atoms with E-state index in [1.807, 2.05) is 0 Å². The lowest BCUT2D eigenvalue weighted by Gasteiger charge is -2.40. The molecule has 0 aromatic heterocycles. The topological polar surface area (TPSA) is 732 Å². The van der Waals surface area contributed by atoms with Crippen molar-refractivity contribution in [1.29, 1.82) is 0 Å². The van der Waals surface area contributed by atoms with Crippen LogP contribution in [0.3, 0.4) is 0 Å². The van der Waals surface area contributed by atoms with E-state index in [4.69, 9.17) is 141 Å². The molecule has 4 saturated heterocycles. The second kappa shape index (κ2) is 73.3. The molecule has 792 valence electrons. The third kappa shape index (κ3) is 58.3. The number of ether oxygens (including phenoxy) is 22. The van der Waals surface area contributed by atoms with Gasteiger partial charge >= 0.3 is 23.5 Å². The fraction of sp³-hybridized carbons (Fsp3) is 0.911. The summed E-state index contributed by atoms with van der Waals surface area (Å²) >= 11 is 0. The molecule has 17 N–H and O–H groups in total. The van der Waals surface area contributed by atoms with Crippen molar-refractivity contribution < 1.29 is 240 Å². The van der Waals surface area contributed by atoms with Gasteiger partial charge in [0.25, 0.3) is 0 Å². The van der Waals surface area contributed by atoms with Crippen LogP contribution >= 0.6 is 23.5 Å². The molecule has 4 fully saturated rings. The average molecular weight is 2040 g/mol. The van der Waals surface area contributed by atoms with Gasteiger partial charge in [-0.1, -0.05) is 0 Å². The van der Waals surface area contributed by atoms with E-state index in [0.717, 1.165) is 4.90 Å². The first-order valence-corrected chi connectivity index (χ1v) is 49.6. The van der Waals surface area contributed by atoms with E-state index in [-0.39, 0.29) is 356 Å². The molecular formula is C79H143BN3O50P3. The van der Waals surface area contributed by atoms with Crippen molar-refractivity contribution in [3.63, 3.8) is 0 Å². The molecule has 4 amide bonds. The normalized spacial score (nSPS) is 23.9. The van der Waals surface area contributed by atoms with Crippen LogP contribution in [0.1, 0.15) is 89.9 Å². The smallest absolute Gasteiger partial charge is 0.387 e. The largest absolute Gasteiger partial charge is 0.469 e. The van der Waals surface area contributed by atoms with Gasteiger partial charge in [-0.15, -0.1) is 0 Å². The minimum absolute atomic E-state index is 0.000120. The van der Waals surface area contributed by atoms with E-state index in [2.05, 4.69) is 24.2 Å². The number of amides is 4. The molecule has 136 heavy (non-hydrogen) atoms. The number of likely N-dealkylation sites (tertiary alicyclic amines) is 1. The van der Waals surface area contributed by atoms with Crippen LogP contribution in [0.4, 0.5) is 0 Å². The number of hydrogen-bond acceptors (Lipinski definition) is 44. The Bertz CT molecular complexity index is 3110. The summed E-state index contributed by atoms with van der Waals surface area (Å²) < 4.78 is 168. The molecule has 0 aromatic carbocycles. The van der Waals surface area contributed by atoms with Crippen LogP contribution in [-0.2, 0) is 165 Å². The first-order chi connectivity index (χ1) is 65.0. The first kappa shape index (κ1) is 125. The Morgan fingerprint density at radius 3 is 0.882 bits per heavy atom. The van der Waals surface area contributed by atoms with Gasteiger partial charge in [-0.3, -0.25) is 52.0 Å². The number of phosphoric ester groups is 3. The van der Waals surface area contributed by atoms with Gasteiger partial charge in [-0.25, -0.2) is 13.7 Å². The summed E-state index contributed by atoms with van der Waals surface area (Å²) in [6.07, 6.45) is -23.0. The van der Waals surface area contributed by atoms with Gasteiger partial charge in [-0.2, -0.15) is 0 Å². The Balaban J connectivity index is 1.23. The highest BCUT2D eigenvalue weighted by Gasteiger charge is 2.48. The number of ketones is 3. The van der Waals surface area contributed by atoms with Gasteiger partial charge in [-0.05, 0) is 37.5 Å². The lowest BCUT2D eigenvalue weighted by atomic mass is 9.71. The number of Topliss-reactive ketones (excluding diaryl/α,β-unsaturated/α-hetero) is 3. The molecule has 57 heteroatoms. The van der Waals surface area contributed by atoms with Gasteiger partial charge in [0.1, 0.15) is 90.6 Å². The quantitative estimate of drug-likeness (QED) is 0.0117. The van der Waals surface area contributed by atoms with Crippen molar-refractivity contribution in [3.05, 3.63) is 0 Å². The number of aliphatic hydroxyl groups is 9. The Morgan fingerprint density at radius 2 is 0.596 bits per heavy atom. The van der Waals surface area contributed by atoms with Gasteiger partial charge in [0, 0.05) is 96.5 Å². The maximum absolute atomic E-state index is 14.1. The second-order valence-electron chi connectivity index (χ2n) is 31.2. The van der Waals surface area contributed by atoms with Gasteiger partial charge in [0.05, 0.1) is 246 Å². The van der Waals surface area contributed by atoms with Gasteiger partial charge in [0.15, 0.2) is 18.9 Å². The lowest BCUT2D eigenvalue weighted by molar-refractivity contribution is -0.301. The van der Waals surface area contributed by atoms with E-state index < -0.39 is 153 Å². The summed E-state index contributed by atoms with van der Waals surface area (Å²) in [7, 11) is -9.14. The fourth-order valence-corrected chi connectivity index (χ4v) is 14.2. The molecule has 16 atom stereocenters. The standard InChI is InChI=1S/C79H143BN3O50P3/c80-59-51-65(89)83(75(59)99)15-8-57(85)4-2-17-110-22-27-114-31-33-116-28-23-111-18-9-58(86)52-79(10-5-56(84)3-1-16-109-21-26-115-32-36-119-39-42-122-45-48-125-76-72(96)69(93)66(90)60(131-76)53-128-134(100,101)102,11-6-63(87)81-13-19-112-24-29-117-34-37-120-40-43-123-46-49-126-77-73(97)70(94)67(91)61(132-77)54-129-135(103,104)105)12-7-64(88)82-14-20-113-25-30-118-35-38-121-41-44-124-47-50-127-78-74(98)71(95)68(92)62(133-78)55-130-136(106,107)108/h59-62,66-74,76-78,90-98H,1-55H2,(H,81,87)(H,82,88)(H2,100,101,102)(H2,103,104,105)(H2,106,107,108). The van der Waals surface area contributed by atoms with Crippen molar-refractivity contribution in [3.8, 4) is 0 Å². The molecule has 0 bridgehead atoms. The molecule has 0 aromatic rings. The summed E-state index contributed by atoms with van der Waals surface area (Å²) in [6, 6.07) is 0. The predicted molar refractivity (Wildman–Crippen MR) is 459 cm³/mol. The van der Waals surface area contributed by atoms with Crippen molar-refractivity contribution in [1.82, 2.24) is 15.5 Å². The number of phosphoric acid groups is 3. The monoisotopic (exact) mass is 2040 g/mol. The number of hydrogen-bond donors (Lipinski definition) is 17. The number of carbonyl (C=O) groups excluding carboxylic acids is 7. The van der Waals surface area contributed by atoms with Crippen LogP contribution in [0, 0.1) is 5.41 Å². The third-order valence-corrected chi connectivity index (χ3v) is 22.0. The van der Waals surface area contributed by atoms with Crippen molar-refractivity contribution in [2.24, 2.45) is 5.41 Å². The maximum Gasteiger partial charge on any atom is 0.469 e. The number of rotatable bonds is 88. The molecule has 0 spiro atoms. The van der Waals surface area contributed by atoms with Crippen LogP contribution in [-0.4, -0.2) is 492 Å². The number of imide groups is 1. The second-order valence-corrected chi connectivity index (χ2v) is 34.9. The first-order valence-electron chi connectivity index (χ1n) is 45.0. The zero-order chi connectivity index (χ0) is 99.8. The summed E-state index contributed by atoms with van der Waals surface area (Å²) in [6.45, 7) is 2.70. The number of carbonyl (C=O) groups is 7. The van der Waals surface area contributed by atoms with E-state index in [0.29, 0.717) is 19.4 Å². The predicted octanol–water partition coefficient (Wildman–Crippen LogP) is -6.23. The summed E-state index contributed by atoms with van der Waals surface area (Å²) in [5, 5.41) is 97.2. The van der Waals surface area contributed by atoms with Crippen molar-refractivity contribution in [2.45, 2.75) is 188 Å². The molecule has 4 heterocycles. The molecule has 4 aliphatic heterocycles. The molecule has 0 saturated carbocycles. The van der Waals surface area contributed by atoms with E-state index in [1.54, 1.807) is 0 Å². The molecule has 4 aliphatic rings. The summed E-state index contributed by atoms with van der Waals surface area (Å²) in [4.78, 5) is 146. The molecule has 0 aliphatic carbocycles. The number of nitrogens with one attached hydrogen (secondary N) is 2. The van der Waals surface area contributed by atoms with Crippen LogP contribution in [0.15, 0.2) is 0 Å². The molecule has 2 radical (unpaired) electrons. The molecule has 4 rings (SSSR count). The SMILES string of the molecule is [B]C1CC(=O)N(CCC(=O)CCCOCCOCCOCCOCCC(=O)CC(CCC(=O)CCCOCCOCCOCCOCCOC2OC(COP(=O)(O)O)C(O)C(O)C2O)(CCC(=O)NCCOCCOCCOCCOCCOC2OC(COP(=O)(O)O)C(O)C(O)C2O)CCC(=O)NCCOCCOCCOCCOCCOC2OC(COP(=O)(O)O)C(O)C(O)C2O)C1=O. The van der Waals surface area contributed by atoms with Crippen LogP contribution in [0.5, 0.6) is 0 Å². The molecule has 16 unspecified atom stereocenters. The van der Waals surface area contributed by atoms with E-state index in [9.17, 15) is 93.2 Å². The van der Waals surface area contributed by atoms with E-state index >= 15 is 0 Å². The van der Waals surface area contributed by atoms with Crippen LogP contribution < -0.4 is 10.6 Å². The fourth-order valence-electron chi connectivity index (χ4n) is 13.2. The average Bonchev–Trinajstić information content (AvgIpc) is 1.83. The zero-order valence-electron chi connectivity index (χ0n) is 76.5. The maximum atomic E-state index is 14.1. The Morgan fingerprint density at radius 1 is 0.331 bits per heavy atom. The van der Waals surface area contributed by atoms with E-state index in [1.165, 1.54) is 0 Å². The van der Waals surface area contributed by atoms with Crippen molar-refractivity contribution >= 4 is 72.3 Å². The Labute approximate surface area is 789 Å². The van der Waals surface area contributed by atoms with Crippen LogP contribution in [0.25, 0.3) is 0 Å². The Kier molecular flexibility index (Phi) is 67.2. The minimum atomic E-state index is -4.92. The highest BCUT2D eigenvalue weighted by molar-refractivity contribution is 7.46. The number of aliphatic hydroxyl groups excluding tert-OH is 9. The lowest BCUT2D eigenvalue weighted by Crippen LogP contribution is -2.59. The number of nitrogens with zero attached hydrogens (tertiary/aromatic N) is 1. The van der Waals surface area contributed by atoms with Gasteiger partial charge in [0.2, 0.25) is 23.6 Å². The zero-order valence-corrected chi connectivity index (χ0v) is 79.2. The summed E-state index contributed by atoms with van der Waals surface area (Å²) in [5.41, 5.74) is -1.05. The minimum Gasteiger partial charge on any atom is -0.387 e. The highest BCUT2D eigenvalue weighted by Crippen LogP contribution is 2.42. The summed E-state index contributed by atoms with van der Waals surface area (Å²) in [5.74, 6) is -3.00.